The number of hydrogen-bond acceptors (Lipinski definition) is 3. The molecule has 4 bridgehead atoms. The highest BCUT2D eigenvalue weighted by atomic mass is 16.3. The normalized spacial score (nSPS) is 37.4. The van der Waals surface area contributed by atoms with Crippen LogP contribution in [0.1, 0.15) is 56.8 Å². The summed E-state index contributed by atoms with van der Waals surface area (Å²) in [5, 5.41) is 11.1. The molecule has 1 aromatic carbocycles. The summed E-state index contributed by atoms with van der Waals surface area (Å²) in [5.41, 5.74) is 2.33. The Balaban J connectivity index is 1.71. The first-order chi connectivity index (χ1) is 11.7. The number of furan rings is 1. The van der Waals surface area contributed by atoms with Crippen LogP contribution in [0.3, 0.4) is 0 Å². The van der Waals surface area contributed by atoms with Crippen molar-refractivity contribution >= 4 is 11.0 Å². The van der Waals surface area contributed by atoms with E-state index in [4.69, 9.17) is 4.42 Å². The summed E-state index contributed by atoms with van der Waals surface area (Å²) in [6.45, 7) is 5.97. The molecule has 1 N–H and O–H groups in total. The number of benzene rings is 1. The van der Waals surface area contributed by atoms with Gasteiger partial charge in [-0.05, 0) is 55.7 Å². The van der Waals surface area contributed by atoms with E-state index >= 15 is 0 Å². The Morgan fingerprint density at radius 1 is 1.21 bits per heavy atom. The molecule has 1 aliphatic carbocycles. The van der Waals surface area contributed by atoms with E-state index in [0.717, 1.165) is 29.2 Å². The van der Waals surface area contributed by atoms with Crippen LogP contribution in [-0.2, 0) is 6.42 Å². The van der Waals surface area contributed by atoms with Crippen LogP contribution in [0.5, 0.6) is 5.75 Å². The van der Waals surface area contributed by atoms with Gasteiger partial charge >= 0.3 is 0 Å². The number of phenolic OH excluding ortho intramolecular Hbond substituents is 1. The average Bonchev–Trinajstić information content (AvgIpc) is 2.92. The van der Waals surface area contributed by atoms with Crippen LogP contribution in [0.2, 0.25) is 0 Å². The highest BCUT2D eigenvalue weighted by molar-refractivity contribution is 5.84. The fraction of sp³-hybridized carbons (Fsp3) is 0.619. The van der Waals surface area contributed by atoms with Gasteiger partial charge in [-0.15, -0.1) is 0 Å². The highest BCUT2D eigenvalue weighted by Gasteiger charge is 2.51. The number of piperidine rings is 2. The van der Waals surface area contributed by atoms with Crippen LogP contribution >= 0.6 is 0 Å². The molecule has 2 saturated heterocycles. The van der Waals surface area contributed by atoms with Crippen LogP contribution in [0, 0.1) is 11.8 Å². The molecule has 4 heterocycles. The van der Waals surface area contributed by atoms with E-state index in [1.54, 1.807) is 6.07 Å². The predicted molar refractivity (Wildman–Crippen MR) is 95.4 cm³/mol. The zero-order valence-corrected chi connectivity index (χ0v) is 14.7. The minimum atomic E-state index is 0.347. The first-order valence-corrected chi connectivity index (χ1v) is 9.69. The molecule has 2 aromatic rings. The smallest absolute Gasteiger partial charge is 0.134 e. The molecular weight excluding hydrogens is 298 g/mol. The van der Waals surface area contributed by atoms with Crippen molar-refractivity contribution in [2.24, 2.45) is 11.8 Å². The molecule has 6 rings (SSSR count). The van der Waals surface area contributed by atoms with E-state index in [0.29, 0.717) is 23.8 Å². The quantitative estimate of drug-likeness (QED) is 0.871. The van der Waals surface area contributed by atoms with E-state index in [1.165, 1.54) is 43.6 Å². The number of aromatic hydroxyl groups is 1. The number of rotatable bonds is 2. The van der Waals surface area contributed by atoms with Crippen molar-refractivity contribution in [1.82, 2.24) is 4.90 Å². The molecule has 3 fully saturated rings. The first kappa shape index (κ1) is 14.8. The van der Waals surface area contributed by atoms with Crippen molar-refractivity contribution in [2.45, 2.75) is 64.0 Å². The monoisotopic (exact) mass is 325 g/mol. The number of hydrogen-bond donors (Lipinski definition) is 1. The van der Waals surface area contributed by atoms with Crippen LogP contribution in [0.4, 0.5) is 0 Å². The fourth-order valence-electron chi connectivity index (χ4n) is 6.02. The van der Waals surface area contributed by atoms with Crippen molar-refractivity contribution in [1.29, 1.82) is 0 Å². The van der Waals surface area contributed by atoms with Crippen molar-refractivity contribution < 1.29 is 9.52 Å². The zero-order valence-electron chi connectivity index (χ0n) is 14.7. The van der Waals surface area contributed by atoms with Crippen molar-refractivity contribution in [3.05, 3.63) is 29.5 Å². The largest absolute Gasteiger partial charge is 0.508 e. The maximum Gasteiger partial charge on any atom is 0.134 e. The van der Waals surface area contributed by atoms with E-state index in [2.05, 4.69) is 18.7 Å². The summed E-state index contributed by atoms with van der Waals surface area (Å²) < 4.78 is 6.41. The second kappa shape index (κ2) is 5.26. The Kier molecular flexibility index (Phi) is 3.25. The van der Waals surface area contributed by atoms with Gasteiger partial charge in [0.2, 0.25) is 0 Å². The minimum absolute atomic E-state index is 0.347. The Hall–Kier alpha value is -1.48. The van der Waals surface area contributed by atoms with Gasteiger partial charge in [0, 0.05) is 35.5 Å². The maximum atomic E-state index is 9.96. The number of nitrogens with zero attached hydrogens (tertiary/aromatic N) is 1. The molecule has 128 valence electrons. The topological polar surface area (TPSA) is 36.6 Å². The number of phenols is 1. The molecule has 4 aliphatic rings. The Bertz CT molecular complexity index is 779. The van der Waals surface area contributed by atoms with Gasteiger partial charge in [-0.2, -0.15) is 0 Å². The lowest BCUT2D eigenvalue weighted by atomic mass is 9.65. The lowest BCUT2D eigenvalue weighted by Gasteiger charge is -2.55. The molecule has 3 nitrogen and oxygen atoms in total. The second-order valence-corrected chi connectivity index (χ2v) is 8.19. The molecule has 0 amide bonds. The van der Waals surface area contributed by atoms with Crippen LogP contribution in [0.15, 0.2) is 22.6 Å². The first-order valence-electron chi connectivity index (χ1n) is 9.69. The van der Waals surface area contributed by atoms with Crippen LogP contribution in [-0.4, -0.2) is 28.6 Å². The summed E-state index contributed by atoms with van der Waals surface area (Å²) in [6, 6.07) is 6.86. The lowest BCUT2D eigenvalue weighted by Crippen LogP contribution is -2.59. The molecule has 1 saturated carbocycles. The van der Waals surface area contributed by atoms with E-state index in [9.17, 15) is 5.11 Å². The molecule has 1 aromatic heterocycles. The highest BCUT2D eigenvalue weighted by Crippen LogP contribution is 2.53. The van der Waals surface area contributed by atoms with Gasteiger partial charge in [-0.3, -0.25) is 4.90 Å². The Morgan fingerprint density at radius 2 is 2.08 bits per heavy atom. The van der Waals surface area contributed by atoms with Crippen molar-refractivity contribution in [2.75, 3.05) is 6.54 Å². The molecular formula is C21H27NO2. The summed E-state index contributed by atoms with van der Waals surface area (Å²) in [4.78, 5) is 2.83. The van der Waals surface area contributed by atoms with Gasteiger partial charge in [0.25, 0.3) is 0 Å². The predicted octanol–water partition coefficient (Wildman–Crippen LogP) is 4.68. The zero-order chi connectivity index (χ0) is 16.4. The molecule has 3 heteroatoms. The van der Waals surface area contributed by atoms with Crippen molar-refractivity contribution in [3.8, 4) is 5.75 Å². The summed E-state index contributed by atoms with van der Waals surface area (Å²) in [7, 11) is 0. The van der Waals surface area contributed by atoms with Gasteiger partial charge in [0.05, 0.1) is 0 Å². The molecule has 3 aliphatic heterocycles. The second-order valence-electron chi connectivity index (χ2n) is 8.19. The molecule has 6 unspecified atom stereocenters. The Morgan fingerprint density at radius 3 is 2.88 bits per heavy atom. The standard InChI is InChI=1S/C21H27NO2/c1-3-13-7-12-8-18-20(13)22(11-12)14(4-2)9-17-16-10-15(23)5-6-19(16)24-21(17)18/h5-6,10,12-14,18,20,23H,3-4,7-9,11H2,1-2H3. The van der Waals surface area contributed by atoms with Crippen molar-refractivity contribution in [3.63, 3.8) is 0 Å². The molecule has 0 spiro atoms. The summed E-state index contributed by atoms with van der Waals surface area (Å²) in [6.07, 6.45) is 6.23. The van der Waals surface area contributed by atoms with Gasteiger partial charge in [-0.25, -0.2) is 0 Å². The molecule has 24 heavy (non-hydrogen) atoms. The van der Waals surface area contributed by atoms with Crippen LogP contribution < -0.4 is 0 Å². The van der Waals surface area contributed by atoms with Crippen LogP contribution in [0.25, 0.3) is 11.0 Å². The van der Waals surface area contributed by atoms with Gasteiger partial charge < -0.3 is 9.52 Å². The Labute approximate surface area is 143 Å². The third-order valence-corrected chi connectivity index (χ3v) is 7.02. The molecule has 0 radical (unpaired) electrons. The van der Waals surface area contributed by atoms with E-state index < -0.39 is 0 Å². The lowest BCUT2D eigenvalue weighted by molar-refractivity contribution is -0.0432. The van der Waals surface area contributed by atoms with Gasteiger partial charge in [-0.1, -0.05) is 20.3 Å². The minimum Gasteiger partial charge on any atom is -0.508 e. The van der Waals surface area contributed by atoms with E-state index in [-0.39, 0.29) is 0 Å². The third kappa shape index (κ3) is 1.94. The van der Waals surface area contributed by atoms with Gasteiger partial charge in [0.15, 0.2) is 0 Å². The average molecular weight is 325 g/mol. The maximum absolute atomic E-state index is 9.96. The fourth-order valence-corrected chi connectivity index (χ4v) is 6.02. The molecule has 6 atom stereocenters. The number of fused-ring (bicyclic) bond motifs is 4. The SMILES string of the molecule is CCC1CC2CC3c4oc5ccc(O)cc5c4CC(CC)N(C2)C13. The third-order valence-electron chi connectivity index (χ3n) is 7.02. The summed E-state index contributed by atoms with van der Waals surface area (Å²) >= 11 is 0. The van der Waals surface area contributed by atoms with Gasteiger partial charge in [0.1, 0.15) is 17.1 Å². The van der Waals surface area contributed by atoms with E-state index in [1.807, 2.05) is 12.1 Å². The summed E-state index contributed by atoms with van der Waals surface area (Å²) in [5.74, 6) is 3.77.